The van der Waals surface area contributed by atoms with Crippen LogP contribution in [0, 0.1) is 11.6 Å². The maximum absolute atomic E-state index is 14.3. The standard InChI is InChI=1S/C19H27F2N7.HI/c1-4-17(15-6-5-14(20)11-16(15)21)27-7-9-28(10-8-27)19(22-2)23-12-18-25-24-13-26(18)3;/h5-6,11,13,17H,4,7-10,12H2,1-3H3,(H,22,23);1H. The molecule has 0 spiro atoms. The number of nitrogens with one attached hydrogen (secondary N) is 1. The van der Waals surface area contributed by atoms with Crippen LogP contribution in [0.3, 0.4) is 0 Å². The molecule has 0 saturated carbocycles. The minimum absolute atomic E-state index is 0. The van der Waals surface area contributed by atoms with E-state index in [0.717, 1.165) is 50.5 Å². The number of guanidine groups is 1. The fraction of sp³-hybridized carbons (Fsp3) is 0.526. The van der Waals surface area contributed by atoms with Crippen molar-refractivity contribution in [1.29, 1.82) is 0 Å². The van der Waals surface area contributed by atoms with Gasteiger partial charge in [-0.1, -0.05) is 13.0 Å². The van der Waals surface area contributed by atoms with Crippen molar-refractivity contribution < 1.29 is 8.78 Å². The third-order valence-electron chi connectivity index (χ3n) is 5.18. The van der Waals surface area contributed by atoms with E-state index in [1.54, 1.807) is 19.4 Å². The van der Waals surface area contributed by atoms with Crippen LogP contribution in [0.15, 0.2) is 29.5 Å². The molecule has 1 unspecified atom stereocenters. The lowest BCUT2D eigenvalue weighted by atomic mass is 10.0. The zero-order valence-corrected chi connectivity index (χ0v) is 19.3. The van der Waals surface area contributed by atoms with Crippen LogP contribution in [0.1, 0.15) is 30.8 Å². The summed E-state index contributed by atoms with van der Waals surface area (Å²) in [7, 11) is 3.66. The molecular weight excluding hydrogens is 491 g/mol. The van der Waals surface area contributed by atoms with Gasteiger partial charge in [0.2, 0.25) is 0 Å². The van der Waals surface area contributed by atoms with Gasteiger partial charge in [-0.2, -0.15) is 0 Å². The Morgan fingerprint density at radius 3 is 2.52 bits per heavy atom. The minimum Gasteiger partial charge on any atom is -0.349 e. The van der Waals surface area contributed by atoms with Crippen molar-refractivity contribution in [2.75, 3.05) is 33.2 Å². The molecule has 1 atom stereocenters. The molecule has 7 nitrogen and oxygen atoms in total. The number of benzene rings is 1. The van der Waals surface area contributed by atoms with Crippen LogP contribution < -0.4 is 5.32 Å². The van der Waals surface area contributed by atoms with Crippen LogP contribution in [-0.2, 0) is 13.6 Å². The lowest BCUT2D eigenvalue weighted by molar-refractivity contribution is 0.124. The SMILES string of the molecule is CCC(c1ccc(F)cc1F)N1CCN(C(=NC)NCc2nncn2C)CC1.I. The predicted octanol–water partition coefficient (Wildman–Crippen LogP) is 2.56. The Morgan fingerprint density at radius 1 is 1.24 bits per heavy atom. The molecule has 2 heterocycles. The van der Waals surface area contributed by atoms with Gasteiger partial charge >= 0.3 is 0 Å². The summed E-state index contributed by atoms with van der Waals surface area (Å²) in [5, 5.41) is 11.3. The number of halogens is 3. The Morgan fingerprint density at radius 2 is 1.97 bits per heavy atom. The first kappa shape index (κ1) is 23.5. The van der Waals surface area contributed by atoms with E-state index in [4.69, 9.17) is 0 Å². The highest BCUT2D eigenvalue weighted by Gasteiger charge is 2.27. The number of aryl methyl sites for hydroxylation is 1. The summed E-state index contributed by atoms with van der Waals surface area (Å²) in [5.41, 5.74) is 0.558. The molecule has 29 heavy (non-hydrogen) atoms. The second-order valence-corrected chi connectivity index (χ2v) is 6.87. The van der Waals surface area contributed by atoms with Gasteiger partial charge in [-0.15, -0.1) is 34.2 Å². The summed E-state index contributed by atoms with van der Waals surface area (Å²) in [4.78, 5) is 8.80. The van der Waals surface area contributed by atoms with Crippen LogP contribution >= 0.6 is 24.0 Å². The smallest absolute Gasteiger partial charge is 0.194 e. The topological polar surface area (TPSA) is 61.6 Å². The highest BCUT2D eigenvalue weighted by Crippen LogP contribution is 2.28. The van der Waals surface area contributed by atoms with Crippen LogP contribution in [0.5, 0.6) is 0 Å². The van der Waals surface area contributed by atoms with Gasteiger partial charge in [-0.25, -0.2) is 8.78 Å². The van der Waals surface area contributed by atoms with E-state index >= 15 is 0 Å². The quantitative estimate of drug-likeness (QED) is 0.374. The minimum atomic E-state index is -0.543. The van der Waals surface area contributed by atoms with Crippen LogP contribution in [-0.4, -0.2) is 63.8 Å². The summed E-state index contributed by atoms with van der Waals surface area (Å²) in [6.07, 6.45) is 2.43. The Kier molecular flexibility index (Phi) is 8.75. The van der Waals surface area contributed by atoms with E-state index in [9.17, 15) is 8.78 Å². The lowest BCUT2D eigenvalue weighted by Gasteiger charge is -2.40. The van der Waals surface area contributed by atoms with E-state index in [0.29, 0.717) is 12.1 Å². The number of hydrogen-bond donors (Lipinski definition) is 1. The average Bonchev–Trinajstić information content (AvgIpc) is 3.10. The second kappa shape index (κ2) is 10.8. The first-order valence-electron chi connectivity index (χ1n) is 9.51. The maximum Gasteiger partial charge on any atom is 0.194 e. The summed E-state index contributed by atoms with van der Waals surface area (Å²) < 4.78 is 29.4. The Balaban J connectivity index is 0.00000300. The summed E-state index contributed by atoms with van der Waals surface area (Å²) in [6.45, 7) is 5.68. The van der Waals surface area contributed by atoms with Crippen molar-refractivity contribution in [1.82, 2.24) is 29.9 Å². The van der Waals surface area contributed by atoms with Gasteiger partial charge in [0.05, 0.1) is 6.54 Å². The van der Waals surface area contributed by atoms with E-state index in [1.807, 2.05) is 18.5 Å². The molecule has 1 aliphatic rings. The van der Waals surface area contributed by atoms with Gasteiger partial charge in [0.25, 0.3) is 0 Å². The zero-order chi connectivity index (χ0) is 20.1. The number of hydrogen-bond acceptors (Lipinski definition) is 4. The van der Waals surface area contributed by atoms with Crippen molar-refractivity contribution in [3.8, 4) is 0 Å². The number of aromatic nitrogens is 3. The number of aliphatic imine (C=N–C) groups is 1. The molecule has 0 amide bonds. The van der Waals surface area contributed by atoms with Gasteiger partial charge < -0.3 is 14.8 Å². The molecule has 1 aliphatic heterocycles. The third-order valence-corrected chi connectivity index (χ3v) is 5.18. The van der Waals surface area contributed by atoms with Crippen molar-refractivity contribution in [2.45, 2.75) is 25.9 Å². The molecule has 1 fully saturated rings. The molecule has 1 N–H and O–H groups in total. The van der Waals surface area contributed by atoms with Crippen molar-refractivity contribution >= 4 is 29.9 Å². The van der Waals surface area contributed by atoms with Gasteiger partial charge in [-0.3, -0.25) is 9.89 Å². The molecule has 2 aromatic rings. The highest BCUT2D eigenvalue weighted by atomic mass is 127. The Labute approximate surface area is 187 Å². The number of nitrogens with zero attached hydrogens (tertiary/aromatic N) is 6. The molecule has 10 heteroatoms. The van der Waals surface area contributed by atoms with Gasteiger partial charge in [0.15, 0.2) is 11.8 Å². The van der Waals surface area contributed by atoms with Crippen LogP contribution in [0.25, 0.3) is 0 Å². The normalized spacial score (nSPS) is 16.4. The number of rotatable bonds is 5. The zero-order valence-electron chi connectivity index (χ0n) is 17.0. The summed E-state index contributed by atoms with van der Waals surface area (Å²) in [5.74, 6) is 0.621. The molecule has 1 aromatic carbocycles. The maximum atomic E-state index is 14.3. The molecule has 1 saturated heterocycles. The predicted molar refractivity (Wildman–Crippen MR) is 119 cm³/mol. The fourth-order valence-corrected chi connectivity index (χ4v) is 3.65. The molecule has 160 valence electrons. The monoisotopic (exact) mass is 519 g/mol. The van der Waals surface area contributed by atoms with E-state index in [-0.39, 0.29) is 30.0 Å². The molecular formula is C19H28F2IN7. The third kappa shape index (κ3) is 5.62. The van der Waals surface area contributed by atoms with Crippen molar-refractivity contribution in [2.24, 2.45) is 12.0 Å². The number of piperazine rings is 1. The lowest BCUT2D eigenvalue weighted by Crippen LogP contribution is -2.53. The average molecular weight is 519 g/mol. The Bertz CT molecular complexity index is 819. The van der Waals surface area contributed by atoms with E-state index in [2.05, 4.69) is 30.3 Å². The second-order valence-electron chi connectivity index (χ2n) is 6.87. The van der Waals surface area contributed by atoms with Crippen molar-refractivity contribution in [3.63, 3.8) is 0 Å². The summed E-state index contributed by atoms with van der Waals surface area (Å²) >= 11 is 0. The van der Waals surface area contributed by atoms with E-state index < -0.39 is 11.6 Å². The van der Waals surface area contributed by atoms with E-state index in [1.165, 1.54) is 6.07 Å². The molecule has 0 aliphatic carbocycles. The first-order valence-corrected chi connectivity index (χ1v) is 9.51. The van der Waals surface area contributed by atoms with Crippen LogP contribution in [0.4, 0.5) is 8.78 Å². The Hall–Kier alpha value is -1.82. The van der Waals surface area contributed by atoms with Crippen molar-refractivity contribution in [3.05, 3.63) is 47.5 Å². The largest absolute Gasteiger partial charge is 0.349 e. The molecule has 3 rings (SSSR count). The highest BCUT2D eigenvalue weighted by molar-refractivity contribution is 14.0. The van der Waals surface area contributed by atoms with Gasteiger partial charge in [-0.05, 0) is 12.5 Å². The fourth-order valence-electron chi connectivity index (χ4n) is 3.65. The van der Waals surface area contributed by atoms with Crippen LogP contribution in [0.2, 0.25) is 0 Å². The molecule has 1 aromatic heterocycles. The summed E-state index contributed by atoms with van der Waals surface area (Å²) in [6, 6.07) is 3.80. The molecule has 0 bridgehead atoms. The van der Waals surface area contributed by atoms with Gasteiger partial charge in [0.1, 0.15) is 18.0 Å². The molecule has 0 radical (unpaired) electrons. The van der Waals surface area contributed by atoms with Gasteiger partial charge in [0, 0.05) is 57.9 Å². The first-order chi connectivity index (χ1) is 13.5.